The quantitative estimate of drug-likeness (QED) is 0.310. The van der Waals surface area contributed by atoms with Gasteiger partial charge in [-0.15, -0.1) is 0 Å². The Morgan fingerprint density at radius 3 is 2.33 bits per heavy atom. The minimum atomic E-state index is -0.172. The van der Waals surface area contributed by atoms with Gasteiger partial charge in [-0.1, -0.05) is 54.6 Å². The summed E-state index contributed by atoms with van der Waals surface area (Å²) in [5.74, 6) is 0.589. The Morgan fingerprint density at radius 1 is 0.861 bits per heavy atom. The van der Waals surface area contributed by atoms with E-state index in [4.69, 9.17) is 4.42 Å². The number of aromatic nitrogens is 1. The number of fused-ring (bicyclic) bond motifs is 1. The zero-order valence-corrected chi connectivity index (χ0v) is 20.8. The van der Waals surface area contributed by atoms with Crippen molar-refractivity contribution >= 4 is 16.7 Å². The Labute approximate surface area is 209 Å². The maximum absolute atomic E-state index is 13.4. The van der Waals surface area contributed by atoms with Crippen LogP contribution in [-0.2, 0) is 7.05 Å². The molecule has 0 amide bonds. The van der Waals surface area contributed by atoms with Crippen LogP contribution in [-0.4, -0.2) is 4.57 Å². The molecular weight excluding hydrogens is 448 g/mol. The summed E-state index contributed by atoms with van der Waals surface area (Å²) in [6.45, 7) is 5.86. The van der Waals surface area contributed by atoms with Crippen LogP contribution in [0, 0.1) is 13.8 Å². The standard InChI is InChI=1S/C31H28N2O3/c1-19-16-25(31-26(17-19)29(35)20(2)30(36-31)22-10-6-5-7-11-22)21(3)32-27-13-9-8-12-24(27)23-14-15-33(4)28(34)18-23/h5-18,21,32H,1-4H3. The lowest BCUT2D eigenvalue weighted by Crippen LogP contribution is -2.15. The van der Waals surface area contributed by atoms with Crippen LogP contribution in [0.4, 0.5) is 5.69 Å². The first-order chi connectivity index (χ1) is 17.3. The van der Waals surface area contributed by atoms with E-state index in [1.165, 1.54) is 0 Å². The van der Waals surface area contributed by atoms with Crippen LogP contribution in [0.25, 0.3) is 33.4 Å². The number of aryl methyl sites for hydroxylation is 2. The van der Waals surface area contributed by atoms with Crippen molar-refractivity contribution in [1.82, 2.24) is 4.57 Å². The second-order valence-corrected chi connectivity index (χ2v) is 9.26. The lowest BCUT2D eigenvalue weighted by molar-refractivity contribution is 0.605. The van der Waals surface area contributed by atoms with Gasteiger partial charge in [-0.2, -0.15) is 0 Å². The predicted molar refractivity (Wildman–Crippen MR) is 147 cm³/mol. The van der Waals surface area contributed by atoms with Gasteiger partial charge >= 0.3 is 0 Å². The van der Waals surface area contributed by atoms with E-state index in [9.17, 15) is 9.59 Å². The fourth-order valence-corrected chi connectivity index (χ4v) is 4.64. The van der Waals surface area contributed by atoms with E-state index >= 15 is 0 Å². The van der Waals surface area contributed by atoms with Gasteiger partial charge in [0, 0.05) is 47.3 Å². The van der Waals surface area contributed by atoms with Crippen LogP contribution in [0.5, 0.6) is 0 Å². The molecule has 5 rings (SSSR count). The number of para-hydroxylation sites is 1. The number of anilines is 1. The topological polar surface area (TPSA) is 64.2 Å². The largest absolute Gasteiger partial charge is 0.455 e. The third-order valence-electron chi connectivity index (χ3n) is 6.61. The summed E-state index contributed by atoms with van der Waals surface area (Å²) < 4.78 is 8.02. The SMILES string of the molecule is Cc1cc(C(C)Nc2ccccc2-c2ccn(C)c(=O)c2)c2oc(-c3ccccc3)c(C)c(=O)c2c1. The molecule has 0 fully saturated rings. The van der Waals surface area contributed by atoms with Gasteiger partial charge in [0.2, 0.25) is 0 Å². The molecule has 1 atom stereocenters. The average Bonchev–Trinajstić information content (AvgIpc) is 2.88. The number of hydrogen-bond acceptors (Lipinski definition) is 4. The molecule has 180 valence electrons. The molecule has 3 aromatic carbocycles. The van der Waals surface area contributed by atoms with Crippen molar-refractivity contribution in [2.45, 2.75) is 26.8 Å². The Balaban J connectivity index is 1.63. The van der Waals surface area contributed by atoms with Crippen molar-refractivity contribution < 1.29 is 4.42 Å². The molecule has 0 saturated carbocycles. The van der Waals surface area contributed by atoms with Crippen molar-refractivity contribution in [1.29, 1.82) is 0 Å². The lowest BCUT2D eigenvalue weighted by atomic mass is 9.98. The third kappa shape index (κ3) is 4.24. The monoisotopic (exact) mass is 476 g/mol. The average molecular weight is 477 g/mol. The predicted octanol–water partition coefficient (Wildman–Crippen LogP) is 6.62. The Morgan fingerprint density at radius 2 is 1.58 bits per heavy atom. The van der Waals surface area contributed by atoms with Gasteiger partial charge in [-0.3, -0.25) is 9.59 Å². The highest BCUT2D eigenvalue weighted by atomic mass is 16.3. The highest BCUT2D eigenvalue weighted by Gasteiger charge is 2.19. The molecule has 0 bridgehead atoms. The molecule has 0 saturated heterocycles. The smallest absolute Gasteiger partial charge is 0.250 e. The van der Waals surface area contributed by atoms with Crippen molar-refractivity contribution in [2.75, 3.05) is 5.32 Å². The Bertz CT molecular complexity index is 1700. The first-order valence-corrected chi connectivity index (χ1v) is 12.0. The van der Waals surface area contributed by atoms with E-state index < -0.39 is 0 Å². The van der Waals surface area contributed by atoms with Gasteiger partial charge < -0.3 is 14.3 Å². The van der Waals surface area contributed by atoms with Gasteiger partial charge in [0.1, 0.15) is 11.3 Å². The first kappa shape index (κ1) is 23.4. The van der Waals surface area contributed by atoms with Crippen LogP contribution < -0.4 is 16.3 Å². The van der Waals surface area contributed by atoms with Crippen molar-refractivity contribution in [3.8, 4) is 22.5 Å². The van der Waals surface area contributed by atoms with E-state index in [2.05, 4.69) is 18.3 Å². The molecule has 2 aromatic heterocycles. The molecule has 0 aliphatic carbocycles. The van der Waals surface area contributed by atoms with E-state index in [0.29, 0.717) is 22.3 Å². The summed E-state index contributed by atoms with van der Waals surface area (Å²) in [6, 6.07) is 25.0. The van der Waals surface area contributed by atoms with Crippen molar-refractivity contribution in [3.05, 3.63) is 122 Å². The highest BCUT2D eigenvalue weighted by Crippen LogP contribution is 2.34. The molecule has 1 unspecified atom stereocenters. The first-order valence-electron chi connectivity index (χ1n) is 12.0. The maximum atomic E-state index is 13.4. The van der Waals surface area contributed by atoms with E-state index in [1.807, 2.05) is 80.6 Å². The molecule has 0 spiro atoms. The van der Waals surface area contributed by atoms with E-state index in [0.717, 1.165) is 33.5 Å². The molecule has 5 nitrogen and oxygen atoms in total. The van der Waals surface area contributed by atoms with Crippen molar-refractivity contribution in [2.24, 2.45) is 7.05 Å². The Kier molecular flexibility index (Phi) is 6.06. The van der Waals surface area contributed by atoms with Crippen LogP contribution in [0.1, 0.15) is 29.7 Å². The molecule has 5 heteroatoms. The number of hydrogen-bond donors (Lipinski definition) is 1. The molecule has 0 radical (unpaired) electrons. The Hall–Kier alpha value is -4.38. The summed E-state index contributed by atoms with van der Waals surface area (Å²) >= 11 is 0. The van der Waals surface area contributed by atoms with Crippen LogP contribution in [0.3, 0.4) is 0 Å². The fourth-order valence-electron chi connectivity index (χ4n) is 4.64. The van der Waals surface area contributed by atoms with E-state index in [1.54, 1.807) is 23.9 Å². The number of nitrogens with zero attached hydrogens (tertiary/aromatic N) is 1. The van der Waals surface area contributed by atoms with Crippen LogP contribution in [0.15, 0.2) is 99.1 Å². The maximum Gasteiger partial charge on any atom is 0.250 e. The van der Waals surface area contributed by atoms with E-state index in [-0.39, 0.29) is 17.0 Å². The minimum Gasteiger partial charge on any atom is -0.455 e. The van der Waals surface area contributed by atoms with Crippen molar-refractivity contribution in [3.63, 3.8) is 0 Å². The third-order valence-corrected chi connectivity index (χ3v) is 6.61. The van der Waals surface area contributed by atoms with Crippen LogP contribution in [0.2, 0.25) is 0 Å². The summed E-state index contributed by atoms with van der Waals surface area (Å²) in [5.41, 5.74) is 6.53. The molecule has 5 aromatic rings. The molecule has 1 N–H and O–H groups in total. The summed E-state index contributed by atoms with van der Waals surface area (Å²) in [5, 5.41) is 4.18. The second-order valence-electron chi connectivity index (χ2n) is 9.26. The molecule has 36 heavy (non-hydrogen) atoms. The molecule has 0 aliphatic rings. The van der Waals surface area contributed by atoms with Gasteiger partial charge in [0.25, 0.3) is 5.56 Å². The summed E-state index contributed by atoms with van der Waals surface area (Å²) in [4.78, 5) is 25.7. The van der Waals surface area contributed by atoms with Gasteiger partial charge in [0.15, 0.2) is 5.43 Å². The fraction of sp³-hybridized carbons (Fsp3) is 0.161. The summed E-state index contributed by atoms with van der Waals surface area (Å²) in [7, 11) is 1.74. The van der Waals surface area contributed by atoms with Gasteiger partial charge in [-0.05, 0) is 50.1 Å². The van der Waals surface area contributed by atoms with Gasteiger partial charge in [-0.25, -0.2) is 0 Å². The van der Waals surface area contributed by atoms with Crippen LogP contribution >= 0.6 is 0 Å². The number of nitrogens with one attached hydrogen (secondary N) is 1. The summed E-state index contributed by atoms with van der Waals surface area (Å²) in [6.07, 6.45) is 1.77. The molecule has 2 heterocycles. The zero-order chi connectivity index (χ0) is 25.4. The molecular formula is C31H28N2O3. The number of pyridine rings is 1. The number of benzene rings is 3. The van der Waals surface area contributed by atoms with Gasteiger partial charge in [0.05, 0.1) is 11.4 Å². The normalized spacial score (nSPS) is 12.0. The minimum absolute atomic E-state index is 0.0206. The number of rotatable bonds is 5. The molecule has 0 aliphatic heterocycles. The highest BCUT2D eigenvalue weighted by molar-refractivity contribution is 5.85. The lowest BCUT2D eigenvalue weighted by Gasteiger charge is -2.21. The zero-order valence-electron chi connectivity index (χ0n) is 20.8. The second kappa shape index (κ2) is 9.34.